The molecule has 6 heteroatoms. The van der Waals surface area contributed by atoms with Crippen molar-refractivity contribution in [1.29, 1.82) is 0 Å². The lowest BCUT2D eigenvalue weighted by molar-refractivity contribution is -0.143. The van der Waals surface area contributed by atoms with Crippen molar-refractivity contribution < 1.29 is 14.3 Å². The van der Waals surface area contributed by atoms with Crippen LogP contribution in [-0.4, -0.2) is 38.1 Å². The van der Waals surface area contributed by atoms with E-state index >= 15 is 0 Å². The smallest absolute Gasteiger partial charge is 0.325 e. The molecule has 1 aromatic carbocycles. The SMILES string of the molecule is CCOC(=O)CNC(=O)C1CCN(c2cccc(Cl)c2)CC1. The molecule has 1 heterocycles. The van der Waals surface area contributed by atoms with Crippen LogP contribution in [-0.2, 0) is 14.3 Å². The maximum Gasteiger partial charge on any atom is 0.325 e. The lowest BCUT2D eigenvalue weighted by Crippen LogP contribution is -2.42. The summed E-state index contributed by atoms with van der Waals surface area (Å²) < 4.78 is 4.79. The summed E-state index contributed by atoms with van der Waals surface area (Å²) in [4.78, 5) is 25.5. The van der Waals surface area contributed by atoms with Crippen molar-refractivity contribution in [3.05, 3.63) is 29.3 Å². The molecule has 0 radical (unpaired) electrons. The average Bonchev–Trinajstić information content (AvgIpc) is 2.53. The maximum atomic E-state index is 12.0. The van der Waals surface area contributed by atoms with E-state index in [-0.39, 0.29) is 18.4 Å². The first-order valence-electron chi connectivity index (χ1n) is 7.54. The summed E-state index contributed by atoms with van der Waals surface area (Å²) in [5.41, 5.74) is 1.08. The second-order valence-electron chi connectivity index (χ2n) is 5.26. The highest BCUT2D eigenvalue weighted by atomic mass is 35.5. The first-order valence-corrected chi connectivity index (χ1v) is 7.91. The number of carbonyl (C=O) groups is 2. The Morgan fingerprint density at radius 2 is 2.09 bits per heavy atom. The third-order valence-corrected chi connectivity index (χ3v) is 3.99. The molecule has 1 fully saturated rings. The van der Waals surface area contributed by atoms with Crippen molar-refractivity contribution in [2.75, 3.05) is 31.1 Å². The molecule has 1 amide bonds. The summed E-state index contributed by atoms with van der Waals surface area (Å²) in [7, 11) is 0. The highest BCUT2D eigenvalue weighted by Crippen LogP contribution is 2.25. The Kier molecular flexibility index (Phi) is 6.07. The summed E-state index contributed by atoms with van der Waals surface area (Å²) >= 11 is 6.01. The molecule has 0 unspecified atom stereocenters. The van der Waals surface area contributed by atoms with E-state index in [9.17, 15) is 9.59 Å². The fraction of sp³-hybridized carbons (Fsp3) is 0.500. The van der Waals surface area contributed by atoms with Gasteiger partial charge in [0.05, 0.1) is 6.61 Å². The second-order valence-corrected chi connectivity index (χ2v) is 5.70. The van der Waals surface area contributed by atoms with Crippen molar-refractivity contribution in [1.82, 2.24) is 5.32 Å². The highest BCUT2D eigenvalue weighted by Gasteiger charge is 2.25. The predicted molar refractivity (Wildman–Crippen MR) is 86.0 cm³/mol. The molecular weight excluding hydrogens is 304 g/mol. The van der Waals surface area contributed by atoms with Crippen LogP contribution >= 0.6 is 11.6 Å². The Morgan fingerprint density at radius 3 is 2.73 bits per heavy atom. The molecule has 0 spiro atoms. The van der Waals surface area contributed by atoms with Crippen LogP contribution in [0.5, 0.6) is 0 Å². The Hall–Kier alpha value is -1.75. The summed E-state index contributed by atoms with van der Waals surface area (Å²) in [5, 5.41) is 3.36. The van der Waals surface area contributed by atoms with Crippen molar-refractivity contribution in [3.63, 3.8) is 0 Å². The van der Waals surface area contributed by atoms with E-state index in [2.05, 4.69) is 10.2 Å². The van der Waals surface area contributed by atoms with E-state index in [0.29, 0.717) is 11.6 Å². The fourth-order valence-electron chi connectivity index (χ4n) is 2.59. The zero-order valence-electron chi connectivity index (χ0n) is 12.7. The summed E-state index contributed by atoms with van der Waals surface area (Å²) in [6.07, 6.45) is 1.53. The van der Waals surface area contributed by atoms with Gasteiger partial charge in [-0.15, -0.1) is 0 Å². The van der Waals surface area contributed by atoms with Crippen LogP contribution in [0.3, 0.4) is 0 Å². The summed E-state index contributed by atoms with van der Waals surface area (Å²) in [6.45, 7) is 3.62. The number of rotatable bonds is 5. The van der Waals surface area contributed by atoms with Gasteiger partial charge in [-0.25, -0.2) is 0 Å². The van der Waals surface area contributed by atoms with E-state index in [4.69, 9.17) is 16.3 Å². The minimum absolute atomic E-state index is 0.0511. The molecule has 1 aromatic rings. The minimum atomic E-state index is -0.396. The zero-order chi connectivity index (χ0) is 15.9. The van der Waals surface area contributed by atoms with Gasteiger partial charge in [0.2, 0.25) is 5.91 Å². The van der Waals surface area contributed by atoms with Gasteiger partial charge in [-0.05, 0) is 38.0 Å². The first-order chi connectivity index (χ1) is 10.6. The molecule has 120 valence electrons. The minimum Gasteiger partial charge on any atom is -0.465 e. The third kappa shape index (κ3) is 4.63. The molecular formula is C16H21ClN2O3. The van der Waals surface area contributed by atoms with Gasteiger partial charge in [-0.2, -0.15) is 0 Å². The topological polar surface area (TPSA) is 58.6 Å². The Bertz CT molecular complexity index is 528. The molecule has 1 aliphatic heterocycles. The highest BCUT2D eigenvalue weighted by molar-refractivity contribution is 6.30. The molecule has 5 nitrogen and oxygen atoms in total. The molecule has 1 N–H and O–H groups in total. The number of hydrogen-bond donors (Lipinski definition) is 1. The molecule has 22 heavy (non-hydrogen) atoms. The zero-order valence-corrected chi connectivity index (χ0v) is 13.4. The monoisotopic (exact) mass is 324 g/mol. The van der Waals surface area contributed by atoms with Crippen LogP contribution in [0.1, 0.15) is 19.8 Å². The quantitative estimate of drug-likeness (QED) is 0.844. The number of ether oxygens (including phenoxy) is 1. The van der Waals surface area contributed by atoms with Crippen LogP contribution in [0.4, 0.5) is 5.69 Å². The molecule has 1 saturated heterocycles. The van der Waals surface area contributed by atoms with Crippen LogP contribution in [0.15, 0.2) is 24.3 Å². The second kappa shape index (κ2) is 8.03. The van der Waals surface area contributed by atoms with Gasteiger partial charge in [-0.1, -0.05) is 17.7 Å². The van der Waals surface area contributed by atoms with Crippen molar-refractivity contribution in [2.45, 2.75) is 19.8 Å². The van der Waals surface area contributed by atoms with E-state index in [0.717, 1.165) is 31.6 Å². The van der Waals surface area contributed by atoms with Gasteiger partial charge in [0, 0.05) is 29.7 Å². The summed E-state index contributed by atoms with van der Waals surface area (Å²) in [6, 6.07) is 7.73. The molecule has 0 aliphatic carbocycles. The third-order valence-electron chi connectivity index (χ3n) is 3.75. The largest absolute Gasteiger partial charge is 0.465 e. The van der Waals surface area contributed by atoms with Crippen LogP contribution in [0.2, 0.25) is 5.02 Å². The number of anilines is 1. The standard InChI is InChI=1S/C16H21ClN2O3/c1-2-22-15(20)11-18-16(21)12-6-8-19(9-7-12)14-5-3-4-13(17)10-14/h3-5,10,12H,2,6-9,11H2,1H3,(H,18,21). The molecule has 0 bridgehead atoms. The van der Waals surface area contributed by atoms with Crippen LogP contribution in [0, 0.1) is 5.92 Å². The Morgan fingerprint density at radius 1 is 1.36 bits per heavy atom. The number of esters is 1. The van der Waals surface area contributed by atoms with Crippen LogP contribution in [0.25, 0.3) is 0 Å². The predicted octanol–water partition coefficient (Wildman–Crippen LogP) is 2.24. The number of benzene rings is 1. The number of amides is 1. The van der Waals surface area contributed by atoms with E-state index in [1.807, 2.05) is 24.3 Å². The number of carbonyl (C=O) groups excluding carboxylic acids is 2. The van der Waals surface area contributed by atoms with E-state index in [1.165, 1.54) is 0 Å². The molecule has 0 aromatic heterocycles. The van der Waals surface area contributed by atoms with Gasteiger partial charge in [-0.3, -0.25) is 9.59 Å². The molecule has 2 rings (SSSR count). The first kappa shape index (κ1) is 16.6. The number of nitrogens with zero attached hydrogens (tertiary/aromatic N) is 1. The average molecular weight is 325 g/mol. The van der Waals surface area contributed by atoms with Crippen molar-refractivity contribution in [2.24, 2.45) is 5.92 Å². The summed E-state index contributed by atoms with van der Waals surface area (Å²) in [5.74, 6) is -0.518. The van der Waals surface area contributed by atoms with Crippen molar-refractivity contribution >= 4 is 29.2 Å². The van der Waals surface area contributed by atoms with E-state index in [1.54, 1.807) is 6.92 Å². The van der Waals surface area contributed by atoms with Crippen LogP contribution < -0.4 is 10.2 Å². The maximum absolute atomic E-state index is 12.0. The number of halogens is 1. The number of piperidine rings is 1. The number of hydrogen-bond acceptors (Lipinski definition) is 4. The van der Waals surface area contributed by atoms with Gasteiger partial charge < -0.3 is 15.0 Å². The van der Waals surface area contributed by atoms with E-state index < -0.39 is 5.97 Å². The number of nitrogens with one attached hydrogen (secondary N) is 1. The van der Waals surface area contributed by atoms with Gasteiger partial charge in [0.1, 0.15) is 6.54 Å². The Labute approximate surface area is 135 Å². The molecule has 0 atom stereocenters. The molecule has 0 saturated carbocycles. The van der Waals surface area contributed by atoms with Gasteiger partial charge >= 0.3 is 5.97 Å². The van der Waals surface area contributed by atoms with Crippen molar-refractivity contribution in [3.8, 4) is 0 Å². The lowest BCUT2D eigenvalue weighted by atomic mass is 9.95. The molecule has 1 aliphatic rings. The lowest BCUT2D eigenvalue weighted by Gasteiger charge is -2.33. The van der Waals surface area contributed by atoms with Gasteiger partial charge in [0.25, 0.3) is 0 Å². The normalized spacial score (nSPS) is 15.5. The Balaban J connectivity index is 1.79. The van der Waals surface area contributed by atoms with Gasteiger partial charge in [0.15, 0.2) is 0 Å². The fourth-order valence-corrected chi connectivity index (χ4v) is 2.77.